The largest absolute Gasteiger partial charge is 0.0945 e. The molecule has 0 radical (unpaired) electrons. The van der Waals surface area contributed by atoms with Crippen molar-refractivity contribution < 1.29 is 0 Å². The molecule has 1 aromatic rings. The minimum Gasteiger partial charge on any atom is -0.0945 e. The van der Waals surface area contributed by atoms with Gasteiger partial charge in [-0.1, -0.05) is 50.8 Å². The number of rotatable bonds is 0. The smallest absolute Gasteiger partial charge is 0.0245 e. The van der Waals surface area contributed by atoms with Crippen molar-refractivity contribution in [1.29, 1.82) is 0 Å². The fraction of sp³-hybridized carbons (Fsp3) is 0.556. The highest BCUT2D eigenvalue weighted by atomic mass is 14.3. The Labute approximate surface area is 112 Å². The summed E-state index contributed by atoms with van der Waals surface area (Å²) in [7, 11) is 0. The Morgan fingerprint density at radius 1 is 0.944 bits per heavy atom. The van der Waals surface area contributed by atoms with Gasteiger partial charge in [-0.05, 0) is 49.1 Å². The van der Waals surface area contributed by atoms with Gasteiger partial charge in [0, 0.05) is 11.5 Å². The molecule has 96 valence electrons. The third kappa shape index (κ3) is 3.64. The zero-order valence-electron chi connectivity index (χ0n) is 11.9. The van der Waals surface area contributed by atoms with Crippen LogP contribution in [0.5, 0.6) is 0 Å². The van der Waals surface area contributed by atoms with Crippen LogP contribution >= 0.6 is 0 Å². The van der Waals surface area contributed by atoms with E-state index in [1.807, 2.05) is 6.07 Å². The van der Waals surface area contributed by atoms with Gasteiger partial charge in [-0.3, -0.25) is 0 Å². The molecular weight excluding hydrogens is 216 g/mol. The molecule has 0 N–H and O–H groups in total. The van der Waals surface area contributed by atoms with Crippen LogP contribution in [0, 0.1) is 29.1 Å². The van der Waals surface area contributed by atoms with E-state index in [1.165, 1.54) is 25.7 Å². The summed E-state index contributed by atoms with van der Waals surface area (Å²) in [6.45, 7) is 7.11. The van der Waals surface area contributed by atoms with Crippen molar-refractivity contribution in [2.75, 3.05) is 0 Å². The van der Waals surface area contributed by atoms with Gasteiger partial charge in [-0.2, -0.15) is 0 Å². The molecule has 2 rings (SSSR count). The standard InChI is InChI=1S/C18H24/c1-18(2,3)17-13-11-16(12-14-17)10-9-15-7-5-4-6-8-15/h4-8,16-17H,11-14H2,1-3H3. The Bertz CT molecular complexity index is 417. The van der Waals surface area contributed by atoms with Crippen LogP contribution in [0.4, 0.5) is 0 Å². The Balaban J connectivity index is 1.90. The quantitative estimate of drug-likeness (QED) is 0.566. The number of benzene rings is 1. The summed E-state index contributed by atoms with van der Waals surface area (Å²) >= 11 is 0. The molecule has 18 heavy (non-hydrogen) atoms. The monoisotopic (exact) mass is 240 g/mol. The summed E-state index contributed by atoms with van der Waals surface area (Å²) in [5.41, 5.74) is 1.62. The highest BCUT2D eigenvalue weighted by Crippen LogP contribution is 2.39. The lowest BCUT2D eigenvalue weighted by Crippen LogP contribution is -2.25. The lowest BCUT2D eigenvalue weighted by molar-refractivity contribution is 0.165. The van der Waals surface area contributed by atoms with Crippen molar-refractivity contribution >= 4 is 0 Å². The third-order valence-electron chi connectivity index (χ3n) is 4.15. The van der Waals surface area contributed by atoms with Gasteiger partial charge in [0.05, 0.1) is 0 Å². The molecule has 0 amide bonds. The first-order valence-corrected chi connectivity index (χ1v) is 7.12. The topological polar surface area (TPSA) is 0 Å². The number of hydrogen-bond donors (Lipinski definition) is 0. The summed E-state index contributed by atoms with van der Waals surface area (Å²) in [5, 5.41) is 0. The van der Waals surface area contributed by atoms with Crippen LogP contribution in [-0.2, 0) is 0 Å². The summed E-state index contributed by atoms with van der Waals surface area (Å²) < 4.78 is 0. The van der Waals surface area contributed by atoms with E-state index in [0.717, 1.165) is 11.5 Å². The van der Waals surface area contributed by atoms with Gasteiger partial charge in [0.15, 0.2) is 0 Å². The van der Waals surface area contributed by atoms with E-state index in [9.17, 15) is 0 Å². The van der Waals surface area contributed by atoms with E-state index in [-0.39, 0.29) is 0 Å². The molecule has 0 aliphatic heterocycles. The lowest BCUT2D eigenvalue weighted by Gasteiger charge is -2.35. The first-order valence-electron chi connectivity index (χ1n) is 7.12. The van der Waals surface area contributed by atoms with Crippen LogP contribution in [0.25, 0.3) is 0 Å². The molecule has 1 aliphatic rings. The summed E-state index contributed by atoms with van der Waals surface area (Å²) in [6, 6.07) is 10.3. The van der Waals surface area contributed by atoms with Gasteiger partial charge in [0.2, 0.25) is 0 Å². The van der Waals surface area contributed by atoms with Crippen molar-refractivity contribution in [2.24, 2.45) is 17.3 Å². The normalized spacial score (nSPS) is 24.2. The van der Waals surface area contributed by atoms with Gasteiger partial charge >= 0.3 is 0 Å². The molecule has 0 bridgehead atoms. The predicted octanol–water partition coefficient (Wildman–Crippen LogP) is 4.89. The van der Waals surface area contributed by atoms with E-state index in [4.69, 9.17) is 0 Å². The van der Waals surface area contributed by atoms with Gasteiger partial charge < -0.3 is 0 Å². The predicted molar refractivity (Wildman–Crippen MR) is 78.2 cm³/mol. The molecule has 0 atom stereocenters. The maximum Gasteiger partial charge on any atom is 0.0245 e. The highest BCUT2D eigenvalue weighted by molar-refractivity contribution is 5.34. The van der Waals surface area contributed by atoms with E-state index in [1.54, 1.807) is 0 Å². The maximum atomic E-state index is 3.46. The first-order chi connectivity index (χ1) is 8.55. The average Bonchev–Trinajstić information content (AvgIpc) is 2.37. The van der Waals surface area contributed by atoms with Crippen LogP contribution in [0.2, 0.25) is 0 Å². The zero-order chi connectivity index (χ0) is 13.0. The van der Waals surface area contributed by atoms with Crippen molar-refractivity contribution in [3.8, 4) is 11.8 Å². The Hall–Kier alpha value is -1.22. The fourth-order valence-corrected chi connectivity index (χ4v) is 2.81. The summed E-state index contributed by atoms with van der Waals surface area (Å²) in [5.74, 6) is 8.27. The Kier molecular flexibility index (Phi) is 4.12. The zero-order valence-corrected chi connectivity index (χ0v) is 11.9. The minimum atomic E-state index is 0.470. The average molecular weight is 240 g/mol. The molecular formula is C18H24. The minimum absolute atomic E-state index is 0.470. The van der Waals surface area contributed by atoms with Crippen molar-refractivity contribution in [1.82, 2.24) is 0 Å². The third-order valence-corrected chi connectivity index (χ3v) is 4.15. The molecule has 0 aromatic heterocycles. The molecule has 0 unspecified atom stereocenters. The molecule has 1 fully saturated rings. The van der Waals surface area contributed by atoms with Crippen LogP contribution in [0.3, 0.4) is 0 Å². The van der Waals surface area contributed by atoms with Crippen molar-refractivity contribution in [3.05, 3.63) is 35.9 Å². The van der Waals surface area contributed by atoms with Crippen molar-refractivity contribution in [2.45, 2.75) is 46.5 Å². The van der Waals surface area contributed by atoms with Gasteiger partial charge in [-0.15, -0.1) is 0 Å². The van der Waals surface area contributed by atoms with Crippen LogP contribution in [-0.4, -0.2) is 0 Å². The molecule has 0 spiro atoms. The molecule has 1 aliphatic carbocycles. The molecule has 0 nitrogen and oxygen atoms in total. The second kappa shape index (κ2) is 5.61. The second-order valence-corrected chi connectivity index (χ2v) is 6.55. The fourth-order valence-electron chi connectivity index (χ4n) is 2.81. The maximum absolute atomic E-state index is 3.46. The van der Waals surface area contributed by atoms with Crippen molar-refractivity contribution in [3.63, 3.8) is 0 Å². The molecule has 1 aromatic carbocycles. The van der Waals surface area contributed by atoms with Crippen LogP contribution < -0.4 is 0 Å². The summed E-state index contributed by atoms with van der Waals surface area (Å²) in [6.07, 6.45) is 5.25. The van der Waals surface area contributed by atoms with E-state index >= 15 is 0 Å². The second-order valence-electron chi connectivity index (χ2n) is 6.55. The first kappa shape index (κ1) is 13.2. The lowest BCUT2D eigenvalue weighted by atomic mass is 9.70. The summed E-state index contributed by atoms with van der Waals surface area (Å²) in [4.78, 5) is 0. The van der Waals surface area contributed by atoms with E-state index in [0.29, 0.717) is 11.3 Å². The molecule has 0 heteroatoms. The van der Waals surface area contributed by atoms with E-state index < -0.39 is 0 Å². The molecule has 0 heterocycles. The Morgan fingerprint density at radius 2 is 1.56 bits per heavy atom. The van der Waals surface area contributed by atoms with Gasteiger partial charge in [-0.25, -0.2) is 0 Å². The number of hydrogen-bond acceptors (Lipinski definition) is 0. The molecule has 0 saturated heterocycles. The Morgan fingerprint density at radius 3 is 2.11 bits per heavy atom. The van der Waals surface area contributed by atoms with Crippen LogP contribution in [0.1, 0.15) is 52.0 Å². The van der Waals surface area contributed by atoms with Crippen LogP contribution in [0.15, 0.2) is 30.3 Å². The van der Waals surface area contributed by atoms with Gasteiger partial charge in [0.1, 0.15) is 0 Å². The highest BCUT2D eigenvalue weighted by Gasteiger charge is 2.28. The molecule has 1 saturated carbocycles. The van der Waals surface area contributed by atoms with E-state index in [2.05, 4.69) is 56.9 Å². The van der Waals surface area contributed by atoms with Gasteiger partial charge in [0.25, 0.3) is 0 Å². The SMILES string of the molecule is CC(C)(C)C1CCC(C#Cc2ccccc2)CC1.